The third-order valence-electron chi connectivity index (χ3n) is 1.43. The molecule has 0 spiro atoms. The second kappa shape index (κ2) is 5.96. The molecule has 0 aliphatic heterocycles. The fourth-order valence-corrected chi connectivity index (χ4v) is 0.598. The summed E-state index contributed by atoms with van der Waals surface area (Å²) in [6.45, 7) is 9.75. The topological polar surface area (TPSA) is 52.6 Å². The molecule has 0 aromatic rings. The van der Waals surface area contributed by atoms with Crippen LogP contribution in [0.15, 0.2) is 25.3 Å². The normalized spacial score (nSPS) is 13.6. The molecular weight excluding hydrogens is 184 g/mol. The molecule has 78 valence electrons. The predicted molar refractivity (Wildman–Crippen MR) is 51.5 cm³/mol. The fraction of sp³-hybridized carbons (Fsp3) is 0.400. The van der Waals surface area contributed by atoms with Gasteiger partial charge in [-0.3, -0.25) is 0 Å². The Morgan fingerprint density at radius 1 is 1.21 bits per heavy atom. The van der Waals surface area contributed by atoms with Crippen molar-refractivity contribution >= 4 is 11.9 Å². The molecule has 0 aromatic heterocycles. The number of ether oxygens (including phenoxy) is 2. The average Bonchev–Trinajstić information content (AvgIpc) is 2.17. The summed E-state index contributed by atoms with van der Waals surface area (Å²) in [6.07, 6.45) is 1.14. The standard InChI is InChI=1S/C10H14O4/c1-5-7(3)13-10(12)8(4)14-9(11)6-2/h5-8H,1-2H2,3-4H3/t7-,8-/m1/s1. The van der Waals surface area contributed by atoms with Crippen molar-refractivity contribution in [1.29, 1.82) is 0 Å². The van der Waals surface area contributed by atoms with Crippen molar-refractivity contribution in [2.45, 2.75) is 26.1 Å². The zero-order valence-electron chi connectivity index (χ0n) is 8.36. The van der Waals surface area contributed by atoms with Crippen LogP contribution in [0.4, 0.5) is 0 Å². The summed E-state index contributed by atoms with van der Waals surface area (Å²) in [6, 6.07) is 0. The molecule has 2 atom stereocenters. The average molecular weight is 198 g/mol. The van der Waals surface area contributed by atoms with Gasteiger partial charge < -0.3 is 9.47 Å². The SMILES string of the molecule is C=CC(=O)O[C@H](C)C(=O)O[C@H](C)C=C. The number of hydrogen-bond donors (Lipinski definition) is 0. The second-order valence-electron chi connectivity index (χ2n) is 2.66. The molecule has 0 aliphatic carbocycles. The number of hydrogen-bond acceptors (Lipinski definition) is 4. The van der Waals surface area contributed by atoms with Crippen molar-refractivity contribution in [3.63, 3.8) is 0 Å². The first-order chi connectivity index (χ1) is 6.51. The zero-order chi connectivity index (χ0) is 11.1. The van der Waals surface area contributed by atoms with Gasteiger partial charge in [-0.15, -0.1) is 0 Å². The smallest absolute Gasteiger partial charge is 0.347 e. The Labute approximate surface area is 83.2 Å². The number of carbonyl (C=O) groups is 2. The van der Waals surface area contributed by atoms with Gasteiger partial charge in [-0.25, -0.2) is 9.59 Å². The quantitative estimate of drug-likeness (QED) is 0.378. The molecule has 0 saturated heterocycles. The van der Waals surface area contributed by atoms with Gasteiger partial charge in [0.25, 0.3) is 0 Å². The number of esters is 2. The minimum atomic E-state index is -0.928. The Hall–Kier alpha value is -1.58. The molecular formula is C10H14O4. The first-order valence-corrected chi connectivity index (χ1v) is 4.17. The Morgan fingerprint density at radius 3 is 2.21 bits per heavy atom. The molecule has 0 heterocycles. The lowest BCUT2D eigenvalue weighted by Crippen LogP contribution is -2.27. The molecule has 0 N–H and O–H groups in total. The van der Waals surface area contributed by atoms with E-state index in [1.165, 1.54) is 13.0 Å². The summed E-state index contributed by atoms with van der Waals surface area (Å²) in [5.74, 6) is -1.26. The molecule has 0 bridgehead atoms. The van der Waals surface area contributed by atoms with Crippen LogP contribution >= 0.6 is 0 Å². The molecule has 0 rings (SSSR count). The van der Waals surface area contributed by atoms with E-state index in [0.717, 1.165) is 6.08 Å². The van der Waals surface area contributed by atoms with Gasteiger partial charge in [0.1, 0.15) is 6.10 Å². The molecule has 0 radical (unpaired) electrons. The zero-order valence-corrected chi connectivity index (χ0v) is 8.36. The van der Waals surface area contributed by atoms with Gasteiger partial charge in [0.05, 0.1) is 0 Å². The van der Waals surface area contributed by atoms with E-state index in [-0.39, 0.29) is 0 Å². The largest absolute Gasteiger partial charge is 0.456 e. The molecule has 0 aliphatic rings. The van der Waals surface area contributed by atoms with Crippen molar-refractivity contribution in [2.75, 3.05) is 0 Å². The van der Waals surface area contributed by atoms with Crippen molar-refractivity contribution in [3.8, 4) is 0 Å². The van der Waals surface area contributed by atoms with E-state index in [1.807, 2.05) is 0 Å². The summed E-state index contributed by atoms with van der Waals surface area (Å²) >= 11 is 0. The van der Waals surface area contributed by atoms with Crippen LogP contribution in [-0.4, -0.2) is 24.1 Å². The van der Waals surface area contributed by atoms with Crippen molar-refractivity contribution in [2.24, 2.45) is 0 Å². The van der Waals surface area contributed by atoms with Crippen molar-refractivity contribution in [3.05, 3.63) is 25.3 Å². The van der Waals surface area contributed by atoms with Gasteiger partial charge >= 0.3 is 11.9 Å². The van der Waals surface area contributed by atoms with E-state index in [2.05, 4.69) is 17.9 Å². The molecule has 0 aromatic carbocycles. The van der Waals surface area contributed by atoms with Crippen LogP contribution < -0.4 is 0 Å². The van der Waals surface area contributed by atoms with Crippen molar-refractivity contribution < 1.29 is 19.1 Å². The van der Waals surface area contributed by atoms with Gasteiger partial charge in [-0.2, -0.15) is 0 Å². The fourth-order valence-electron chi connectivity index (χ4n) is 0.598. The monoisotopic (exact) mass is 198 g/mol. The number of rotatable bonds is 5. The van der Waals surface area contributed by atoms with Gasteiger partial charge in [0, 0.05) is 6.08 Å². The third-order valence-corrected chi connectivity index (χ3v) is 1.43. The maximum absolute atomic E-state index is 11.2. The molecule has 0 fully saturated rings. The molecule has 4 nitrogen and oxygen atoms in total. The van der Waals surface area contributed by atoms with Gasteiger partial charge in [0.2, 0.25) is 0 Å². The molecule has 0 unspecified atom stereocenters. The van der Waals surface area contributed by atoms with Crippen LogP contribution in [0.5, 0.6) is 0 Å². The minimum absolute atomic E-state index is 0.396. The summed E-state index contributed by atoms with van der Waals surface area (Å²) in [7, 11) is 0. The van der Waals surface area contributed by atoms with Crippen LogP contribution in [0, 0.1) is 0 Å². The highest BCUT2D eigenvalue weighted by atomic mass is 16.6. The van der Waals surface area contributed by atoms with Crippen LogP contribution in [-0.2, 0) is 19.1 Å². The van der Waals surface area contributed by atoms with Crippen LogP contribution in [0.25, 0.3) is 0 Å². The number of carbonyl (C=O) groups excluding carboxylic acids is 2. The van der Waals surface area contributed by atoms with E-state index in [9.17, 15) is 9.59 Å². The molecule has 0 amide bonds. The Morgan fingerprint density at radius 2 is 1.79 bits per heavy atom. The lowest BCUT2D eigenvalue weighted by molar-refractivity contribution is -0.165. The maximum Gasteiger partial charge on any atom is 0.347 e. The highest BCUT2D eigenvalue weighted by molar-refractivity contribution is 5.85. The van der Waals surface area contributed by atoms with E-state index < -0.39 is 24.1 Å². The lowest BCUT2D eigenvalue weighted by atomic mass is 10.3. The summed E-state index contributed by atoms with van der Waals surface area (Å²) < 4.78 is 9.48. The Kier molecular flexibility index (Phi) is 5.29. The van der Waals surface area contributed by atoms with Gasteiger partial charge in [-0.1, -0.05) is 19.2 Å². The van der Waals surface area contributed by atoms with E-state index >= 15 is 0 Å². The van der Waals surface area contributed by atoms with Crippen LogP contribution in [0.1, 0.15) is 13.8 Å². The molecule has 4 heteroatoms. The summed E-state index contributed by atoms with van der Waals surface area (Å²) in [4.78, 5) is 21.9. The van der Waals surface area contributed by atoms with Gasteiger partial charge in [0.15, 0.2) is 6.10 Å². The minimum Gasteiger partial charge on any atom is -0.456 e. The van der Waals surface area contributed by atoms with Crippen molar-refractivity contribution in [1.82, 2.24) is 0 Å². The van der Waals surface area contributed by atoms with E-state index in [4.69, 9.17) is 4.74 Å². The van der Waals surface area contributed by atoms with Crippen LogP contribution in [0.2, 0.25) is 0 Å². The van der Waals surface area contributed by atoms with Crippen LogP contribution in [0.3, 0.4) is 0 Å². The lowest BCUT2D eigenvalue weighted by Gasteiger charge is -2.13. The highest BCUT2D eigenvalue weighted by Gasteiger charge is 2.19. The van der Waals surface area contributed by atoms with E-state index in [0.29, 0.717) is 0 Å². The Balaban J connectivity index is 4.05. The van der Waals surface area contributed by atoms with Gasteiger partial charge in [-0.05, 0) is 13.8 Å². The Bertz CT molecular complexity index is 245. The van der Waals surface area contributed by atoms with E-state index in [1.54, 1.807) is 6.92 Å². The third kappa shape index (κ3) is 4.45. The first kappa shape index (κ1) is 12.4. The predicted octanol–water partition coefficient (Wildman–Crippen LogP) is 1.22. The molecule has 14 heavy (non-hydrogen) atoms. The second-order valence-corrected chi connectivity index (χ2v) is 2.66. The maximum atomic E-state index is 11.2. The molecule has 0 saturated carbocycles. The first-order valence-electron chi connectivity index (χ1n) is 4.17. The summed E-state index contributed by atoms with van der Waals surface area (Å²) in [5.41, 5.74) is 0. The highest BCUT2D eigenvalue weighted by Crippen LogP contribution is 2.00. The summed E-state index contributed by atoms with van der Waals surface area (Å²) in [5, 5.41) is 0.